The zero-order valence-corrected chi connectivity index (χ0v) is 10.6. The molecule has 0 aromatic rings. The highest BCUT2D eigenvalue weighted by molar-refractivity contribution is 9.10. The lowest BCUT2D eigenvalue weighted by molar-refractivity contribution is -0.121. The molecule has 1 aliphatic carbocycles. The van der Waals surface area contributed by atoms with Crippen molar-refractivity contribution >= 4 is 21.8 Å². The largest absolute Gasteiger partial charge is 0.352 e. The standard InChI is InChI=1S/C11H20BrNO/c1-3-9(12)11(14)13-10-7-5-4-6-8(10)2/h8-10H,3-7H2,1-2H3,(H,13,14). The lowest BCUT2D eigenvalue weighted by atomic mass is 9.86. The first-order valence-corrected chi connectivity index (χ1v) is 6.51. The van der Waals surface area contributed by atoms with E-state index in [1.54, 1.807) is 0 Å². The van der Waals surface area contributed by atoms with E-state index in [4.69, 9.17) is 0 Å². The third-order valence-corrected chi connectivity index (χ3v) is 4.15. The summed E-state index contributed by atoms with van der Waals surface area (Å²) in [6, 6.07) is 0.405. The van der Waals surface area contributed by atoms with Gasteiger partial charge < -0.3 is 5.32 Å². The number of hydrogen-bond acceptors (Lipinski definition) is 1. The van der Waals surface area contributed by atoms with Gasteiger partial charge in [-0.1, -0.05) is 42.6 Å². The topological polar surface area (TPSA) is 29.1 Å². The van der Waals surface area contributed by atoms with Gasteiger partial charge in [-0.25, -0.2) is 0 Å². The molecule has 82 valence electrons. The van der Waals surface area contributed by atoms with Crippen molar-refractivity contribution < 1.29 is 4.79 Å². The van der Waals surface area contributed by atoms with E-state index in [0.29, 0.717) is 12.0 Å². The number of carbonyl (C=O) groups is 1. The first kappa shape index (κ1) is 12.0. The SMILES string of the molecule is CCC(Br)C(=O)NC1CCCCC1C. The molecule has 3 heteroatoms. The Hall–Kier alpha value is -0.0500. The average molecular weight is 262 g/mol. The minimum absolute atomic E-state index is 0.0170. The number of halogens is 1. The van der Waals surface area contributed by atoms with Crippen LogP contribution < -0.4 is 5.32 Å². The number of rotatable bonds is 3. The molecule has 2 nitrogen and oxygen atoms in total. The van der Waals surface area contributed by atoms with Gasteiger partial charge in [-0.15, -0.1) is 0 Å². The van der Waals surface area contributed by atoms with Gasteiger partial charge >= 0.3 is 0 Å². The van der Waals surface area contributed by atoms with Crippen LogP contribution in [0.25, 0.3) is 0 Å². The number of amides is 1. The molecule has 1 aliphatic rings. The Bertz CT molecular complexity index is 196. The lowest BCUT2D eigenvalue weighted by Gasteiger charge is -2.30. The van der Waals surface area contributed by atoms with Crippen molar-refractivity contribution in [1.82, 2.24) is 5.32 Å². The fourth-order valence-corrected chi connectivity index (χ4v) is 2.12. The normalized spacial score (nSPS) is 29.6. The van der Waals surface area contributed by atoms with Gasteiger partial charge in [0.2, 0.25) is 5.91 Å². The zero-order chi connectivity index (χ0) is 10.6. The zero-order valence-electron chi connectivity index (χ0n) is 9.05. The summed E-state index contributed by atoms with van der Waals surface area (Å²) < 4.78 is 0. The number of carbonyl (C=O) groups excluding carboxylic acids is 1. The third kappa shape index (κ3) is 3.26. The molecule has 1 amide bonds. The summed E-state index contributed by atoms with van der Waals surface area (Å²) in [6.45, 7) is 4.25. The molecule has 0 bridgehead atoms. The van der Waals surface area contributed by atoms with Gasteiger partial charge in [-0.3, -0.25) is 4.79 Å². The molecular weight excluding hydrogens is 242 g/mol. The van der Waals surface area contributed by atoms with Crippen molar-refractivity contribution in [1.29, 1.82) is 0 Å². The van der Waals surface area contributed by atoms with E-state index in [1.165, 1.54) is 19.3 Å². The van der Waals surface area contributed by atoms with Crippen molar-refractivity contribution in [3.8, 4) is 0 Å². The molecule has 0 saturated heterocycles. The molecule has 1 fully saturated rings. The monoisotopic (exact) mass is 261 g/mol. The van der Waals surface area contributed by atoms with Crippen molar-refractivity contribution in [2.24, 2.45) is 5.92 Å². The van der Waals surface area contributed by atoms with Crippen LogP contribution in [0.5, 0.6) is 0 Å². The molecule has 0 radical (unpaired) electrons. The maximum Gasteiger partial charge on any atom is 0.233 e. The summed E-state index contributed by atoms with van der Waals surface area (Å²) >= 11 is 3.38. The number of hydrogen-bond donors (Lipinski definition) is 1. The van der Waals surface area contributed by atoms with Gasteiger partial charge in [0.1, 0.15) is 0 Å². The fourth-order valence-electron chi connectivity index (χ4n) is 1.99. The quantitative estimate of drug-likeness (QED) is 0.778. The Kier molecular flexibility index (Phi) is 4.93. The van der Waals surface area contributed by atoms with E-state index >= 15 is 0 Å². The van der Waals surface area contributed by atoms with Gasteiger partial charge in [0.15, 0.2) is 0 Å². The van der Waals surface area contributed by atoms with Gasteiger partial charge in [-0.05, 0) is 25.2 Å². The molecule has 1 saturated carbocycles. The van der Waals surface area contributed by atoms with Crippen LogP contribution in [0.15, 0.2) is 0 Å². The van der Waals surface area contributed by atoms with Crippen molar-refractivity contribution in [2.45, 2.75) is 56.8 Å². The van der Waals surface area contributed by atoms with Crippen LogP contribution in [-0.4, -0.2) is 16.8 Å². The van der Waals surface area contributed by atoms with Crippen LogP contribution in [0.4, 0.5) is 0 Å². The number of alkyl halides is 1. The molecule has 0 spiro atoms. The molecule has 14 heavy (non-hydrogen) atoms. The van der Waals surface area contributed by atoms with E-state index in [0.717, 1.165) is 12.8 Å². The minimum atomic E-state index is -0.0170. The van der Waals surface area contributed by atoms with Gasteiger partial charge in [0.25, 0.3) is 0 Å². The Labute approximate surface area is 95.0 Å². The molecule has 0 aromatic carbocycles. The van der Waals surface area contributed by atoms with Crippen LogP contribution >= 0.6 is 15.9 Å². The van der Waals surface area contributed by atoms with Gasteiger partial charge in [0, 0.05) is 6.04 Å². The van der Waals surface area contributed by atoms with E-state index in [1.807, 2.05) is 6.92 Å². The lowest BCUT2D eigenvalue weighted by Crippen LogP contribution is -2.44. The van der Waals surface area contributed by atoms with Gasteiger partial charge in [-0.2, -0.15) is 0 Å². The summed E-state index contributed by atoms with van der Waals surface area (Å²) in [4.78, 5) is 11.6. The fraction of sp³-hybridized carbons (Fsp3) is 0.909. The second kappa shape index (κ2) is 5.74. The first-order valence-electron chi connectivity index (χ1n) is 5.59. The Morgan fingerprint density at radius 2 is 2.14 bits per heavy atom. The molecule has 3 unspecified atom stereocenters. The summed E-state index contributed by atoms with van der Waals surface area (Å²) in [5, 5.41) is 3.13. The second-order valence-corrected chi connectivity index (χ2v) is 5.36. The van der Waals surface area contributed by atoms with Crippen molar-refractivity contribution in [3.63, 3.8) is 0 Å². The van der Waals surface area contributed by atoms with Crippen LogP contribution in [0, 0.1) is 5.92 Å². The summed E-state index contributed by atoms with van der Waals surface area (Å²) in [5.74, 6) is 0.801. The third-order valence-electron chi connectivity index (χ3n) is 3.08. The second-order valence-electron chi connectivity index (χ2n) is 4.25. The maximum absolute atomic E-state index is 11.6. The highest BCUT2D eigenvalue weighted by atomic mass is 79.9. The Morgan fingerprint density at radius 1 is 1.50 bits per heavy atom. The highest BCUT2D eigenvalue weighted by Crippen LogP contribution is 2.24. The van der Waals surface area contributed by atoms with Crippen LogP contribution in [0.3, 0.4) is 0 Å². The smallest absolute Gasteiger partial charge is 0.233 e. The number of nitrogens with one attached hydrogen (secondary N) is 1. The van der Waals surface area contributed by atoms with Crippen LogP contribution in [0.1, 0.15) is 46.0 Å². The molecule has 0 aromatic heterocycles. The first-order chi connectivity index (χ1) is 6.65. The predicted octanol–water partition coefficient (Wildman–Crippen LogP) is 2.85. The summed E-state index contributed by atoms with van der Waals surface area (Å²) in [6.07, 6.45) is 5.83. The van der Waals surface area contributed by atoms with Crippen LogP contribution in [-0.2, 0) is 4.79 Å². The van der Waals surface area contributed by atoms with Gasteiger partial charge in [0.05, 0.1) is 4.83 Å². The van der Waals surface area contributed by atoms with Crippen molar-refractivity contribution in [2.75, 3.05) is 0 Å². The Morgan fingerprint density at radius 3 is 2.71 bits per heavy atom. The molecular formula is C11H20BrNO. The Balaban J connectivity index is 2.38. The molecule has 3 atom stereocenters. The van der Waals surface area contributed by atoms with E-state index in [9.17, 15) is 4.79 Å². The molecule has 0 aliphatic heterocycles. The predicted molar refractivity (Wildman–Crippen MR) is 62.6 cm³/mol. The van der Waals surface area contributed by atoms with E-state index in [-0.39, 0.29) is 10.7 Å². The van der Waals surface area contributed by atoms with E-state index < -0.39 is 0 Å². The summed E-state index contributed by atoms with van der Waals surface area (Å²) in [7, 11) is 0. The molecule has 1 rings (SSSR count). The van der Waals surface area contributed by atoms with Crippen LogP contribution in [0.2, 0.25) is 0 Å². The average Bonchev–Trinajstić information content (AvgIpc) is 2.20. The van der Waals surface area contributed by atoms with Crippen molar-refractivity contribution in [3.05, 3.63) is 0 Å². The maximum atomic E-state index is 11.6. The summed E-state index contributed by atoms with van der Waals surface area (Å²) in [5.41, 5.74) is 0. The molecule has 1 N–H and O–H groups in total. The molecule has 0 heterocycles. The highest BCUT2D eigenvalue weighted by Gasteiger charge is 2.24. The minimum Gasteiger partial charge on any atom is -0.352 e. The van der Waals surface area contributed by atoms with E-state index in [2.05, 4.69) is 28.2 Å².